The third-order valence-corrected chi connectivity index (χ3v) is 5.45. The molecule has 5 nitrogen and oxygen atoms in total. The second-order valence-corrected chi connectivity index (χ2v) is 7.68. The maximum atomic E-state index is 12.0. The van der Waals surface area contributed by atoms with E-state index in [4.69, 9.17) is 23.2 Å². The van der Waals surface area contributed by atoms with E-state index in [0.717, 1.165) is 11.3 Å². The van der Waals surface area contributed by atoms with Crippen molar-refractivity contribution in [2.24, 2.45) is 0 Å². The van der Waals surface area contributed by atoms with E-state index in [0.29, 0.717) is 8.81 Å². The molecule has 0 aliphatic carbocycles. The lowest BCUT2D eigenvalue weighted by atomic mass is 10.7. The van der Waals surface area contributed by atoms with Gasteiger partial charge in [-0.3, -0.25) is 9.82 Å². The van der Waals surface area contributed by atoms with Gasteiger partial charge in [-0.05, 0) is 22.0 Å². The molecular weight excluding hydrogens is 373 g/mol. The van der Waals surface area contributed by atoms with E-state index in [1.54, 1.807) is 0 Å². The number of aromatic amines is 1. The Morgan fingerprint density at radius 2 is 2.18 bits per heavy atom. The first-order chi connectivity index (χ1) is 7.90. The van der Waals surface area contributed by atoms with Gasteiger partial charge < -0.3 is 0 Å². The van der Waals surface area contributed by atoms with Gasteiger partial charge in [0.15, 0.2) is 0 Å². The highest BCUT2D eigenvalue weighted by molar-refractivity contribution is 9.10. The van der Waals surface area contributed by atoms with Crippen LogP contribution in [-0.2, 0) is 10.0 Å². The summed E-state index contributed by atoms with van der Waals surface area (Å²) in [5, 5.41) is 6.17. The molecule has 2 rings (SSSR count). The van der Waals surface area contributed by atoms with Crippen molar-refractivity contribution in [1.29, 1.82) is 0 Å². The zero-order valence-corrected chi connectivity index (χ0v) is 12.6. The molecule has 0 aliphatic heterocycles. The number of halogens is 3. The van der Waals surface area contributed by atoms with E-state index in [1.165, 1.54) is 12.3 Å². The maximum absolute atomic E-state index is 12.0. The fourth-order valence-corrected chi connectivity index (χ4v) is 4.65. The SMILES string of the molecule is O=S(=O)(Nc1[nH]ncc1Br)c1cc(Cl)sc1Cl. The summed E-state index contributed by atoms with van der Waals surface area (Å²) in [6.45, 7) is 0. The molecule has 0 bridgehead atoms. The molecule has 17 heavy (non-hydrogen) atoms. The van der Waals surface area contributed by atoms with Gasteiger partial charge >= 0.3 is 0 Å². The van der Waals surface area contributed by atoms with Crippen LogP contribution in [0.25, 0.3) is 0 Å². The first-order valence-electron chi connectivity index (χ1n) is 4.06. The molecule has 0 fully saturated rings. The molecule has 0 amide bonds. The van der Waals surface area contributed by atoms with E-state index in [9.17, 15) is 8.42 Å². The van der Waals surface area contributed by atoms with E-state index in [-0.39, 0.29) is 15.0 Å². The molecule has 2 N–H and O–H groups in total. The highest BCUT2D eigenvalue weighted by Crippen LogP contribution is 2.35. The molecule has 92 valence electrons. The van der Waals surface area contributed by atoms with Gasteiger partial charge in [-0.15, -0.1) is 11.3 Å². The molecule has 0 aromatic carbocycles. The molecule has 0 saturated heterocycles. The molecular formula is C7H4BrCl2N3O2S2. The smallest absolute Gasteiger partial charge is 0.263 e. The van der Waals surface area contributed by atoms with E-state index < -0.39 is 10.0 Å². The highest BCUT2D eigenvalue weighted by Gasteiger charge is 2.22. The van der Waals surface area contributed by atoms with Crippen molar-refractivity contribution in [2.75, 3.05) is 4.72 Å². The Morgan fingerprint density at radius 3 is 2.65 bits per heavy atom. The second kappa shape index (κ2) is 4.77. The van der Waals surface area contributed by atoms with Crippen molar-refractivity contribution >= 4 is 66.3 Å². The summed E-state index contributed by atoms with van der Waals surface area (Å²) in [5.41, 5.74) is 0. The first kappa shape index (κ1) is 13.2. The van der Waals surface area contributed by atoms with Crippen molar-refractivity contribution < 1.29 is 8.42 Å². The van der Waals surface area contributed by atoms with Crippen molar-refractivity contribution in [3.05, 3.63) is 25.4 Å². The molecule has 0 aliphatic rings. The third-order valence-electron chi connectivity index (χ3n) is 1.74. The molecule has 2 aromatic heterocycles. The average Bonchev–Trinajstić information content (AvgIpc) is 2.74. The number of nitrogens with one attached hydrogen (secondary N) is 2. The van der Waals surface area contributed by atoms with Gasteiger partial charge in [-0.1, -0.05) is 23.2 Å². The molecule has 10 heteroatoms. The predicted molar refractivity (Wildman–Crippen MR) is 71.4 cm³/mol. The van der Waals surface area contributed by atoms with Crippen LogP contribution >= 0.6 is 50.5 Å². The van der Waals surface area contributed by atoms with E-state index in [1.807, 2.05) is 0 Å². The Morgan fingerprint density at radius 1 is 1.47 bits per heavy atom. The number of nitrogens with zero attached hydrogens (tertiary/aromatic N) is 1. The molecule has 0 atom stereocenters. The normalized spacial score (nSPS) is 11.7. The monoisotopic (exact) mass is 375 g/mol. The molecule has 0 saturated carbocycles. The summed E-state index contributed by atoms with van der Waals surface area (Å²) in [4.78, 5) is -0.0596. The third kappa shape index (κ3) is 2.76. The van der Waals surface area contributed by atoms with Crippen molar-refractivity contribution in [2.45, 2.75) is 4.90 Å². The summed E-state index contributed by atoms with van der Waals surface area (Å²) >= 11 is 15.6. The molecule has 0 unspecified atom stereocenters. The molecule has 0 radical (unpaired) electrons. The number of thiophene rings is 1. The first-order valence-corrected chi connectivity index (χ1v) is 7.91. The van der Waals surface area contributed by atoms with Crippen LogP contribution in [0.5, 0.6) is 0 Å². The Kier molecular flexibility index (Phi) is 3.69. The number of hydrogen-bond donors (Lipinski definition) is 2. The second-order valence-electron chi connectivity index (χ2n) is 2.89. The fraction of sp³-hybridized carbons (Fsp3) is 0. The van der Waals surface area contributed by atoms with Gasteiger partial charge in [-0.25, -0.2) is 8.42 Å². The number of hydrogen-bond acceptors (Lipinski definition) is 4. The number of H-pyrrole nitrogens is 1. The lowest BCUT2D eigenvalue weighted by Gasteiger charge is -2.04. The molecule has 0 spiro atoms. The summed E-state index contributed by atoms with van der Waals surface area (Å²) < 4.78 is 27.2. The van der Waals surface area contributed by atoms with Crippen molar-refractivity contribution in [3.8, 4) is 0 Å². The summed E-state index contributed by atoms with van der Waals surface area (Å²) in [6, 6.07) is 1.29. The van der Waals surface area contributed by atoms with Gasteiger partial charge in [0.05, 0.1) is 15.0 Å². The summed E-state index contributed by atoms with van der Waals surface area (Å²) in [7, 11) is -3.77. The summed E-state index contributed by atoms with van der Waals surface area (Å²) in [5.74, 6) is 0.225. The number of rotatable bonds is 3. The summed E-state index contributed by atoms with van der Waals surface area (Å²) in [6.07, 6.45) is 1.43. The van der Waals surface area contributed by atoms with Crippen LogP contribution in [0.2, 0.25) is 8.67 Å². The van der Waals surface area contributed by atoms with Crippen LogP contribution in [0, 0.1) is 0 Å². The largest absolute Gasteiger partial charge is 0.265 e. The zero-order valence-electron chi connectivity index (χ0n) is 7.87. The standard InChI is InChI=1S/C7H4BrCl2N3O2S2/c8-3-2-11-12-7(3)13-17(14,15)4-1-5(9)16-6(4)10/h1-2H,(H2,11,12,13). The van der Waals surface area contributed by atoms with Crippen LogP contribution < -0.4 is 4.72 Å². The lowest BCUT2D eigenvalue weighted by Crippen LogP contribution is -2.13. The van der Waals surface area contributed by atoms with Crippen LogP contribution in [0.4, 0.5) is 5.82 Å². The van der Waals surface area contributed by atoms with Gasteiger partial charge in [0.25, 0.3) is 10.0 Å². The number of aromatic nitrogens is 2. The highest BCUT2D eigenvalue weighted by atomic mass is 79.9. The number of anilines is 1. The Balaban J connectivity index is 2.38. The minimum absolute atomic E-state index is 0.0596. The minimum Gasteiger partial charge on any atom is -0.263 e. The van der Waals surface area contributed by atoms with Gasteiger partial charge in [-0.2, -0.15) is 5.10 Å². The Labute approximate surface area is 119 Å². The van der Waals surface area contributed by atoms with Gasteiger partial charge in [0, 0.05) is 0 Å². The minimum atomic E-state index is -3.77. The van der Waals surface area contributed by atoms with Crippen LogP contribution in [0.15, 0.2) is 21.6 Å². The van der Waals surface area contributed by atoms with Gasteiger partial charge in [0.2, 0.25) is 0 Å². The lowest BCUT2D eigenvalue weighted by molar-refractivity contribution is 0.601. The quantitative estimate of drug-likeness (QED) is 0.862. The van der Waals surface area contributed by atoms with Crippen LogP contribution in [0.3, 0.4) is 0 Å². The van der Waals surface area contributed by atoms with Crippen molar-refractivity contribution in [3.63, 3.8) is 0 Å². The van der Waals surface area contributed by atoms with Crippen LogP contribution in [-0.4, -0.2) is 18.6 Å². The van der Waals surface area contributed by atoms with Gasteiger partial charge in [0.1, 0.15) is 15.0 Å². The topological polar surface area (TPSA) is 74.8 Å². The fourth-order valence-electron chi connectivity index (χ4n) is 1.04. The average molecular weight is 377 g/mol. The Hall–Kier alpha value is -0.280. The zero-order chi connectivity index (χ0) is 12.6. The van der Waals surface area contributed by atoms with Crippen LogP contribution in [0.1, 0.15) is 0 Å². The van der Waals surface area contributed by atoms with E-state index >= 15 is 0 Å². The number of sulfonamides is 1. The predicted octanol–water partition coefficient (Wildman–Crippen LogP) is 3.34. The molecule has 2 heterocycles. The van der Waals surface area contributed by atoms with E-state index in [2.05, 4.69) is 30.8 Å². The Bertz CT molecular complexity index is 652. The maximum Gasteiger partial charge on any atom is 0.265 e. The van der Waals surface area contributed by atoms with Crippen molar-refractivity contribution in [1.82, 2.24) is 10.2 Å². The molecule has 2 aromatic rings.